The lowest BCUT2D eigenvalue weighted by atomic mass is 10.0. The lowest BCUT2D eigenvalue weighted by molar-refractivity contribution is 0.520. The van der Waals surface area contributed by atoms with Gasteiger partial charge in [0.25, 0.3) is 0 Å². The standard InChI is InChI=1S/C33H51N3/c1-3-4-5-6-7-8-9-10-11-12-13-14-15-16-17-20-27-36-32-22-19-18-21-31(32)35-33(36)28-34-30-25-23-29(2)24-26-30/h18-19,21-26,34H,3-17,20,27-28H2,1-2H3. The van der Waals surface area contributed by atoms with E-state index in [-0.39, 0.29) is 0 Å². The molecule has 1 heterocycles. The second-order valence-corrected chi connectivity index (χ2v) is 10.7. The Hall–Kier alpha value is -2.29. The molecule has 0 unspecified atom stereocenters. The van der Waals surface area contributed by atoms with Crippen LogP contribution in [0.4, 0.5) is 5.69 Å². The molecule has 198 valence electrons. The number of benzene rings is 2. The number of imidazole rings is 1. The van der Waals surface area contributed by atoms with Crippen LogP contribution in [0.25, 0.3) is 11.0 Å². The average Bonchev–Trinajstić information content (AvgIpc) is 3.25. The fourth-order valence-corrected chi connectivity index (χ4v) is 5.18. The van der Waals surface area contributed by atoms with Crippen molar-refractivity contribution in [1.82, 2.24) is 9.55 Å². The summed E-state index contributed by atoms with van der Waals surface area (Å²) in [7, 11) is 0. The number of hydrogen-bond acceptors (Lipinski definition) is 2. The Morgan fingerprint density at radius 2 is 1.17 bits per heavy atom. The lowest BCUT2D eigenvalue weighted by Crippen LogP contribution is -2.09. The van der Waals surface area contributed by atoms with Crippen LogP contribution in [-0.4, -0.2) is 9.55 Å². The highest BCUT2D eigenvalue weighted by atomic mass is 15.1. The lowest BCUT2D eigenvalue weighted by Gasteiger charge is -2.11. The number of para-hydroxylation sites is 2. The Morgan fingerprint density at radius 3 is 1.75 bits per heavy atom. The third-order valence-corrected chi connectivity index (χ3v) is 7.47. The van der Waals surface area contributed by atoms with E-state index in [1.54, 1.807) is 0 Å². The molecule has 3 rings (SSSR count). The van der Waals surface area contributed by atoms with Crippen molar-refractivity contribution in [3.63, 3.8) is 0 Å². The van der Waals surface area contributed by atoms with Crippen LogP contribution in [0.1, 0.15) is 121 Å². The maximum absolute atomic E-state index is 4.94. The molecule has 3 aromatic rings. The Labute approximate surface area is 221 Å². The molecule has 2 aromatic carbocycles. The van der Waals surface area contributed by atoms with E-state index in [1.165, 1.54) is 114 Å². The Balaban J connectivity index is 1.27. The van der Waals surface area contributed by atoms with E-state index in [0.29, 0.717) is 0 Å². The van der Waals surface area contributed by atoms with Crippen molar-refractivity contribution in [3.05, 3.63) is 59.9 Å². The number of fused-ring (bicyclic) bond motifs is 1. The Bertz CT molecular complexity index is 957. The third-order valence-electron chi connectivity index (χ3n) is 7.47. The largest absolute Gasteiger partial charge is 0.378 e. The molecule has 3 heteroatoms. The fourth-order valence-electron chi connectivity index (χ4n) is 5.18. The first-order valence-electron chi connectivity index (χ1n) is 15.0. The zero-order valence-corrected chi connectivity index (χ0v) is 23.2. The highest BCUT2D eigenvalue weighted by Crippen LogP contribution is 2.20. The Kier molecular flexibility index (Phi) is 13.5. The van der Waals surface area contributed by atoms with Gasteiger partial charge in [-0.05, 0) is 37.6 Å². The van der Waals surface area contributed by atoms with Crippen molar-refractivity contribution in [1.29, 1.82) is 0 Å². The predicted octanol–water partition coefficient (Wildman–Crippen LogP) is 10.2. The van der Waals surface area contributed by atoms with Crippen LogP contribution < -0.4 is 5.32 Å². The maximum atomic E-state index is 4.94. The van der Waals surface area contributed by atoms with Gasteiger partial charge in [-0.2, -0.15) is 0 Å². The van der Waals surface area contributed by atoms with Crippen molar-refractivity contribution in [2.24, 2.45) is 0 Å². The molecular weight excluding hydrogens is 438 g/mol. The molecule has 3 nitrogen and oxygen atoms in total. The highest BCUT2D eigenvalue weighted by Gasteiger charge is 2.10. The third kappa shape index (κ3) is 10.4. The number of aryl methyl sites for hydroxylation is 2. The van der Waals surface area contributed by atoms with Gasteiger partial charge in [0.15, 0.2) is 0 Å². The van der Waals surface area contributed by atoms with E-state index in [0.717, 1.165) is 30.1 Å². The normalized spacial score (nSPS) is 11.4. The van der Waals surface area contributed by atoms with E-state index >= 15 is 0 Å². The number of nitrogens with zero attached hydrogens (tertiary/aromatic N) is 2. The summed E-state index contributed by atoms with van der Waals surface area (Å²) in [4.78, 5) is 4.94. The topological polar surface area (TPSA) is 29.9 Å². The first-order valence-corrected chi connectivity index (χ1v) is 15.0. The van der Waals surface area contributed by atoms with E-state index in [4.69, 9.17) is 4.98 Å². The molecular formula is C33H51N3. The van der Waals surface area contributed by atoms with Gasteiger partial charge in [0.05, 0.1) is 17.6 Å². The molecule has 1 aromatic heterocycles. The number of anilines is 1. The molecule has 0 saturated heterocycles. The smallest absolute Gasteiger partial charge is 0.129 e. The Morgan fingerprint density at radius 1 is 0.639 bits per heavy atom. The molecule has 0 amide bonds. The van der Waals surface area contributed by atoms with Gasteiger partial charge in [-0.15, -0.1) is 0 Å². The summed E-state index contributed by atoms with van der Waals surface area (Å²) < 4.78 is 2.43. The van der Waals surface area contributed by atoms with E-state index in [9.17, 15) is 0 Å². The second-order valence-electron chi connectivity index (χ2n) is 10.7. The zero-order chi connectivity index (χ0) is 25.3. The monoisotopic (exact) mass is 489 g/mol. The molecule has 0 atom stereocenters. The summed E-state index contributed by atoms with van der Waals surface area (Å²) in [6.45, 7) is 6.24. The van der Waals surface area contributed by atoms with Crippen LogP contribution in [0.3, 0.4) is 0 Å². The first-order chi connectivity index (χ1) is 17.8. The van der Waals surface area contributed by atoms with Gasteiger partial charge in [0.2, 0.25) is 0 Å². The van der Waals surface area contributed by atoms with Crippen molar-refractivity contribution < 1.29 is 0 Å². The molecule has 0 aliphatic heterocycles. The molecule has 0 bridgehead atoms. The van der Waals surface area contributed by atoms with Gasteiger partial charge in [-0.3, -0.25) is 0 Å². The van der Waals surface area contributed by atoms with Gasteiger partial charge < -0.3 is 9.88 Å². The molecule has 0 fully saturated rings. The number of aromatic nitrogens is 2. The summed E-state index contributed by atoms with van der Waals surface area (Å²) in [6, 6.07) is 17.2. The van der Waals surface area contributed by atoms with E-state index in [1.807, 2.05) is 0 Å². The summed E-state index contributed by atoms with van der Waals surface area (Å²) in [5.74, 6) is 1.14. The van der Waals surface area contributed by atoms with Gasteiger partial charge in [0.1, 0.15) is 5.82 Å². The minimum absolute atomic E-state index is 0.761. The van der Waals surface area contributed by atoms with Crippen molar-refractivity contribution in [2.75, 3.05) is 5.32 Å². The van der Waals surface area contributed by atoms with Gasteiger partial charge >= 0.3 is 0 Å². The summed E-state index contributed by atoms with van der Waals surface area (Å²) in [6.07, 6.45) is 22.5. The van der Waals surface area contributed by atoms with Gasteiger partial charge in [0, 0.05) is 12.2 Å². The quantitative estimate of drug-likeness (QED) is 0.160. The van der Waals surface area contributed by atoms with Crippen molar-refractivity contribution >= 4 is 16.7 Å². The molecule has 0 spiro atoms. The number of nitrogens with one attached hydrogen (secondary N) is 1. The minimum atomic E-state index is 0.761. The van der Waals surface area contributed by atoms with Crippen LogP contribution >= 0.6 is 0 Å². The minimum Gasteiger partial charge on any atom is -0.378 e. The average molecular weight is 490 g/mol. The molecule has 0 radical (unpaired) electrons. The number of rotatable bonds is 20. The van der Waals surface area contributed by atoms with Crippen LogP contribution in [0, 0.1) is 6.92 Å². The number of unbranched alkanes of at least 4 members (excludes halogenated alkanes) is 15. The molecule has 1 N–H and O–H groups in total. The maximum Gasteiger partial charge on any atom is 0.129 e. The van der Waals surface area contributed by atoms with E-state index < -0.39 is 0 Å². The summed E-state index contributed by atoms with van der Waals surface area (Å²) in [5, 5.41) is 3.56. The van der Waals surface area contributed by atoms with Crippen LogP contribution in [-0.2, 0) is 13.1 Å². The molecule has 0 saturated carbocycles. The van der Waals surface area contributed by atoms with Crippen LogP contribution in [0.5, 0.6) is 0 Å². The SMILES string of the molecule is CCCCCCCCCCCCCCCCCCn1c(CNc2ccc(C)cc2)nc2ccccc21. The highest BCUT2D eigenvalue weighted by molar-refractivity contribution is 5.76. The summed E-state index contributed by atoms with van der Waals surface area (Å²) >= 11 is 0. The number of hydrogen-bond donors (Lipinski definition) is 1. The molecule has 0 aliphatic rings. The first kappa shape index (κ1) is 28.3. The van der Waals surface area contributed by atoms with Crippen molar-refractivity contribution in [3.8, 4) is 0 Å². The second kappa shape index (κ2) is 17.2. The summed E-state index contributed by atoms with van der Waals surface area (Å²) in [5.41, 5.74) is 4.81. The van der Waals surface area contributed by atoms with Crippen LogP contribution in [0.2, 0.25) is 0 Å². The van der Waals surface area contributed by atoms with E-state index in [2.05, 4.69) is 72.3 Å². The van der Waals surface area contributed by atoms with Crippen molar-refractivity contribution in [2.45, 2.75) is 130 Å². The van der Waals surface area contributed by atoms with Gasteiger partial charge in [-0.1, -0.05) is 133 Å². The fraction of sp³-hybridized carbons (Fsp3) is 0.606. The zero-order valence-electron chi connectivity index (χ0n) is 23.2. The van der Waals surface area contributed by atoms with Gasteiger partial charge in [-0.25, -0.2) is 4.98 Å². The molecule has 0 aliphatic carbocycles. The predicted molar refractivity (Wildman–Crippen MR) is 158 cm³/mol. The van der Waals surface area contributed by atoms with Crippen LogP contribution in [0.15, 0.2) is 48.5 Å². The molecule has 36 heavy (non-hydrogen) atoms.